The molecule has 1 aliphatic rings. The summed E-state index contributed by atoms with van der Waals surface area (Å²) in [6, 6.07) is 5.33. The first-order chi connectivity index (χ1) is 10.7. The van der Waals surface area contributed by atoms with Crippen molar-refractivity contribution in [1.29, 1.82) is 0 Å². The van der Waals surface area contributed by atoms with Crippen LogP contribution < -0.4 is 5.32 Å². The van der Waals surface area contributed by atoms with Gasteiger partial charge in [0.25, 0.3) is 5.91 Å². The Balaban J connectivity index is 2.30. The largest absolute Gasteiger partial charge is 0.479 e. The van der Waals surface area contributed by atoms with Gasteiger partial charge < -0.3 is 15.2 Å². The van der Waals surface area contributed by atoms with E-state index in [2.05, 4.69) is 21.2 Å². The summed E-state index contributed by atoms with van der Waals surface area (Å²) in [5.74, 6) is -1.43. The second-order valence-corrected chi connectivity index (χ2v) is 7.26. The summed E-state index contributed by atoms with van der Waals surface area (Å²) in [5, 5.41) is 12.5. The Labute approximate surface area is 144 Å². The Morgan fingerprint density at radius 3 is 2.61 bits per heavy atom. The van der Waals surface area contributed by atoms with Gasteiger partial charge in [-0.3, -0.25) is 4.79 Å². The third kappa shape index (κ3) is 2.78. The lowest BCUT2D eigenvalue weighted by Crippen LogP contribution is -2.76. The molecular weight excluding hydrogens is 362 g/mol. The van der Waals surface area contributed by atoms with Crippen molar-refractivity contribution < 1.29 is 19.4 Å². The Bertz CT molecular complexity index is 643. The molecule has 0 saturated heterocycles. The number of rotatable bonds is 5. The van der Waals surface area contributed by atoms with Crippen molar-refractivity contribution in [2.24, 2.45) is 5.41 Å². The van der Waals surface area contributed by atoms with E-state index in [4.69, 9.17) is 4.74 Å². The molecule has 23 heavy (non-hydrogen) atoms. The van der Waals surface area contributed by atoms with E-state index in [1.807, 2.05) is 33.8 Å². The number of carbonyl (C=O) groups excluding carboxylic acids is 1. The third-order valence-corrected chi connectivity index (χ3v) is 5.95. The van der Waals surface area contributed by atoms with Crippen LogP contribution in [0.5, 0.6) is 0 Å². The molecule has 1 aromatic rings. The molecule has 0 bridgehead atoms. The van der Waals surface area contributed by atoms with E-state index in [-0.39, 0.29) is 12.5 Å². The number of nitrogens with one attached hydrogen (secondary N) is 1. The summed E-state index contributed by atoms with van der Waals surface area (Å²) in [6.07, 6.45) is 0.0723. The smallest absolute Gasteiger partial charge is 0.330 e. The zero-order valence-electron chi connectivity index (χ0n) is 13.8. The van der Waals surface area contributed by atoms with Crippen molar-refractivity contribution in [1.82, 2.24) is 5.32 Å². The van der Waals surface area contributed by atoms with Crippen LogP contribution in [0.15, 0.2) is 22.7 Å². The van der Waals surface area contributed by atoms with E-state index in [0.29, 0.717) is 16.6 Å². The van der Waals surface area contributed by atoms with Gasteiger partial charge in [-0.15, -0.1) is 0 Å². The summed E-state index contributed by atoms with van der Waals surface area (Å²) in [4.78, 5) is 24.5. The van der Waals surface area contributed by atoms with Gasteiger partial charge >= 0.3 is 5.97 Å². The summed E-state index contributed by atoms with van der Waals surface area (Å²) in [6.45, 7) is 7.90. The molecule has 5 nitrogen and oxygen atoms in total. The van der Waals surface area contributed by atoms with Crippen molar-refractivity contribution in [2.45, 2.75) is 45.8 Å². The van der Waals surface area contributed by atoms with Gasteiger partial charge in [-0.1, -0.05) is 26.0 Å². The van der Waals surface area contributed by atoms with Crippen LogP contribution in [-0.2, 0) is 9.53 Å². The number of carboxylic acid groups (broad SMARTS) is 1. The molecule has 2 rings (SSSR count). The van der Waals surface area contributed by atoms with Gasteiger partial charge in [0.05, 0.1) is 11.7 Å². The number of halogens is 1. The van der Waals surface area contributed by atoms with Crippen LogP contribution in [0.4, 0.5) is 0 Å². The monoisotopic (exact) mass is 383 g/mol. The number of aryl methyl sites for hydroxylation is 1. The van der Waals surface area contributed by atoms with Crippen molar-refractivity contribution in [3.05, 3.63) is 33.8 Å². The van der Waals surface area contributed by atoms with E-state index in [0.717, 1.165) is 5.56 Å². The Kier molecular flexibility index (Phi) is 4.87. The fraction of sp³-hybridized carbons (Fsp3) is 0.529. The molecule has 1 saturated carbocycles. The number of benzene rings is 1. The topological polar surface area (TPSA) is 75.6 Å². The molecule has 1 aliphatic carbocycles. The van der Waals surface area contributed by atoms with Crippen LogP contribution in [0.2, 0.25) is 0 Å². The molecule has 0 aliphatic heterocycles. The lowest BCUT2D eigenvalue weighted by Gasteiger charge is -2.58. The maximum atomic E-state index is 12.6. The summed E-state index contributed by atoms with van der Waals surface area (Å²) >= 11 is 3.40. The zero-order valence-corrected chi connectivity index (χ0v) is 15.4. The lowest BCUT2D eigenvalue weighted by atomic mass is 9.54. The van der Waals surface area contributed by atoms with Gasteiger partial charge in [-0.05, 0) is 41.4 Å². The van der Waals surface area contributed by atoms with Gasteiger partial charge in [-0.25, -0.2) is 4.79 Å². The number of ether oxygens (including phenoxy) is 1. The van der Waals surface area contributed by atoms with Gasteiger partial charge in [0.2, 0.25) is 0 Å². The predicted octanol–water partition coefficient (Wildman–Crippen LogP) is 3.15. The van der Waals surface area contributed by atoms with Gasteiger partial charge in [0, 0.05) is 22.9 Å². The molecule has 0 aromatic heterocycles. The van der Waals surface area contributed by atoms with Gasteiger partial charge in [0.1, 0.15) is 5.54 Å². The molecule has 1 amide bonds. The van der Waals surface area contributed by atoms with E-state index < -0.39 is 22.8 Å². The maximum Gasteiger partial charge on any atom is 0.330 e. The van der Waals surface area contributed by atoms with Crippen molar-refractivity contribution in [3.63, 3.8) is 0 Å². The molecule has 2 N–H and O–H groups in total. The number of hydrogen-bond donors (Lipinski definition) is 2. The number of carbonyl (C=O) groups is 2. The molecule has 6 heteroatoms. The highest BCUT2D eigenvalue weighted by Gasteiger charge is 2.66. The number of hydrogen-bond acceptors (Lipinski definition) is 3. The number of amides is 1. The molecule has 0 radical (unpaired) electrons. The number of aliphatic carboxylic acids is 1. The summed E-state index contributed by atoms with van der Waals surface area (Å²) in [5.41, 5.74) is -0.670. The highest BCUT2D eigenvalue weighted by Crippen LogP contribution is 2.51. The van der Waals surface area contributed by atoms with E-state index in [9.17, 15) is 14.7 Å². The van der Waals surface area contributed by atoms with E-state index in [1.54, 1.807) is 12.1 Å². The van der Waals surface area contributed by atoms with Crippen LogP contribution in [0.1, 0.15) is 43.1 Å². The average Bonchev–Trinajstić information content (AvgIpc) is 2.48. The molecule has 2 atom stereocenters. The molecular formula is C17H22BrNO4. The van der Waals surface area contributed by atoms with Crippen molar-refractivity contribution >= 4 is 27.8 Å². The minimum atomic E-state index is -1.33. The Hall–Kier alpha value is -1.40. The lowest BCUT2D eigenvalue weighted by molar-refractivity contribution is -0.190. The summed E-state index contributed by atoms with van der Waals surface area (Å²) < 4.78 is 6.28. The van der Waals surface area contributed by atoms with Gasteiger partial charge in [-0.2, -0.15) is 0 Å². The highest BCUT2D eigenvalue weighted by molar-refractivity contribution is 9.10. The first-order valence-electron chi connectivity index (χ1n) is 7.60. The second-order valence-electron chi connectivity index (χ2n) is 6.47. The van der Waals surface area contributed by atoms with E-state index >= 15 is 0 Å². The molecule has 0 spiro atoms. The Morgan fingerprint density at radius 2 is 2.09 bits per heavy atom. The SMILES string of the molecule is CCOC1CC(NC(=O)c2cccc(C)c2Br)(C(=O)O)C1(C)C. The molecule has 2 unspecified atom stereocenters. The van der Waals surface area contributed by atoms with E-state index in [1.165, 1.54) is 0 Å². The fourth-order valence-corrected chi connectivity index (χ4v) is 3.57. The molecule has 0 heterocycles. The standard InChI is InChI=1S/C17H22BrNO4/c1-5-23-12-9-17(15(21)22,16(12,3)4)19-14(20)11-8-6-7-10(2)13(11)18/h6-8,12H,5,9H2,1-4H3,(H,19,20)(H,21,22). The van der Waals surface area contributed by atoms with Crippen LogP contribution >= 0.6 is 15.9 Å². The minimum Gasteiger partial charge on any atom is -0.479 e. The van der Waals surface area contributed by atoms with Gasteiger partial charge in [0.15, 0.2) is 0 Å². The quantitative estimate of drug-likeness (QED) is 0.818. The predicted molar refractivity (Wildman–Crippen MR) is 90.5 cm³/mol. The van der Waals surface area contributed by atoms with Crippen LogP contribution in [0, 0.1) is 12.3 Å². The first kappa shape index (κ1) is 17.9. The van der Waals surface area contributed by atoms with Crippen molar-refractivity contribution in [3.8, 4) is 0 Å². The molecule has 126 valence electrons. The summed E-state index contributed by atoms with van der Waals surface area (Å²) in [7, 11) is 0. The minimum absolute atomic E-state index is 0.190. The average molecular weight is 384 g/mol. The number of carboxylic acids is 1. The Morgan fingerprint density at radius 1 is 1.43 bits per heavy atom. The highest BCUT2D eigenvalue weighted by atomic mass is 79.9. The molecule has 1 fully saturated rings. The fourth-order valence-electron chi connectivity index (χ4n) is 3.12. The van der Waals surface area contributed by atoms with Crippen molar-refractivity contribution in [2.75, 3.05) is 6.61 Å². The zero-order chi connectivity index (χ0) is 17.4. The maximum absolute atomic E-state index is 12.6. The van der Waals surface area contributed by atoms with Crippen LogP contribution in [0.3, 0.4) is 0 Å². The second kappa shape index (κ2) is 6.24. The molecule has 1 aromatic carbocycles. The first-order valence-corrected chi connectivity index (χ1v) is 8.39. The van der Waals surface area contributed by atoms with Crippen LogP contribution in [0.25, 0.3) is 0 Å². The normalized spacial score (nSPS) is 25.5. The third-order valence-electron chi connectivity index (χ3n) is 4.89. The van der Waals surface area contributed by atoms with Crippen LogP contribution in [-0.4, -0.2) is 35.2 Å².